The molecule has 0 aromatic heterocycles. The van der Waals surface area contributed by atoms with Crippen LogP contribution in [0.2, 0.25) is 0 Å². The van der Waals surface area contributed by atoms with E-state index in [-0.39, 0.29) is 11.9 Å². The molecule has 94 valence electrons. The molecule has 1 amide bonds. The van der Waals surface area contributed by atoms with Crippen molar-refractivity contribution in [3.8, 4) is 0 Å². The lowest BCUT2D eigenvalue weighted by atomic mass is 10.1. The predicted molar refractivity (Wildman–Crippen MR) is 70.6 cm³/mol. The van der Waals surface area contributed by atoms with Crippen molar-refractivity contribution >= 4 is 17.7 Å². The summed E-state index contributed by atoms with van der Waals surface area (Å²) in [5.74, 6) is 0.132. The lowest BCUT2D eigenvalue weighted by Crippen LogP contribution is -2.37. The summed E-state index contributed by atoms with van der Waals surface area (Å²) < 4.78 is 0. The van der Waals surface area contributed by atoms with Crippen LogP contribution < -0.4 is 11.1 Å². The third-order valence-corrected chi connectivity index (χ3v) is 4.28. The predicted octanol–water partition coefficient (Wildman–Crippen LogP) is 1.90. The Hall–Kier alpha value is -0.220. The fourth-order valence-electron chi connectivity index (χ4n) is 2.28. The van der Waals surface area contributed by atoms with Crippen molar-refractivity contribution in [1.29, 1.82) is 0 Å². The van der Waals surface area contributed by atoms with Crippen molar-refractivity contribution in [3.63, 3.8) is 0 Å². The number of nitrogens with one attached hydrogen (secondary N) is 1. The van der Waals surface area contributed by atoms with Crippen molar-refractivity contribution < 1.29 is 4.79 Å². The molecule has 3 N–H and O–H groups in total. The molecule has 16 heavy (non-hydrogen) atoms. The number of amides is 1. The number of nitrogens with two attached hydrogens (primary N) is 1. The standard InChI is InChI=1S/C12H24N2OS/c1-3-4-9(13)7-12(15)14-10-5-6-11(8-10)16-2/h9-11H,3-8,13H2,1-2H3,(H,14,15). The Bertz CT molecular complexity index is 223. The summed E-state index contributed by atoms with van der Waals surface area (Å²) in [6.45, 7) is 2.10. The number of hydrogen-bond donors (Lipinski definition) is 2. The maximum absolute atomic E-state index is 11.7. The molecule has 0 heterocycles. The van der Waals surface area contributed by atoms with Gasteiger partial charge in [-0.2, -0.15) is 11.8 Å². The summed E-state index contributed by atoms with van der Waals surface area (Å²) in [7, 11) is 0. The van der Waals surface area contributed by atoms with Gasteiger partial charge in [-0.25, -0.2) is 0 Å². The Balaban J connectivity index is 2.19. The molecule has 0 saturated heterocycles. The fourth-order valence-corrected chi connectivity index (χ4v) is 3.08. The minimum Gasteiger partial charge on any atom is -0.353 e. The smallest absolute Gasteiger partial charge is 0.221 e. The molecule has 4 heteroatoms. The summed E-state index contributed by atoms with van der Waals surface area (Å²) in [6.07, 6.45) is 8.08. The number of carbonyl (C=O) groups excluding carboxylic acids is 1. The Kier molecular flexibility index (Phi) is 6.21. The minimum absolute atomic E-state index is 0.0303. The molecular formula is C12H24N2OS. The van der Waals surface area contributed by atoms with Crippen LogP contribution in [0, 0.1) is 0 Å². The molecule has 0 aromatic rings. The molecule has 0 bridgehead atoms. The number of rotatable bonds is 6. The SMILES string of the molecule is CCCC(N)CC(=O)NC1CCC(SC)C1. The lowest BCUT2D eigenvalue weighted by molar-refractivity contribution is -0.122. The second kappa shape index (κ2) is 7.17. The highest BCUT2D eigenvalue weighted by atomic mass is 32.2. The van der Waals surface area contributed by atoms with Crippen LogP contribution in [0.15, 0.2) is 0 Å². The number of carbonyl (C=O) groups is 1. The van der Waals surface area contributed by atoms with Gasteiger partial charge in [-0.15, -0.1) is 0 Å². The Labute approximate surface area is 103 Å². The Morgan fingerprint density at radius 1 is 1.56 bits per heavy atom. The van der Waals surface area contributed by atoms with Crippen molar-refractivity contribution in [2.24, 2.45) is 5.73 Å². The Morgan fingerprint density at radius 3 is 2.88 bits per heavy atom. The molecule has 3 nitrogen and oxygen atoms in total. The molecule has 0 radical (unpaired) electrons. The van der Waals surface area contributed by atoms with E-state index in [9.17, 15) is 4.79 Å². The summed E-state index contributed by atoms with van der Waals surface area (Å²) in [4.78, 5) is 11.7. The van der Waals surface area contributed by atoms with Gasteiger partial charge in [0.25, 0.3) is 0 Å². The van der Waals surface area contributed by atoms with Crippen LogP contribution in [0.4, 0.5) is 0 Å². The average Bonchev–Trinajstić information content (AvgIpc) is 2.65. The molecular weight excluding hydrogens is 220 g/mol. The average molecular weight is 244 g/mol. The summed E-state index contributed by atoms with van der Waals surface area (Å²) in [6, 6.07) is 0.418. The van der Waals surface area contributed by atoms with Crippen molar-refractivity contribution in [2.45, 2.75) is 62.8 Å². The zero-order valence-electron chi connectivity index (χ0n) is 10.4. The van der Waals surface area contributed by atoms with E-state index in [0.717, 1.165) is 30.9 Å². The topological polar surface area (TPSA) is 55.1 Å². The first-order valence-corrected chi connectivity index (χ1v) is 7.52. The minimum atomic E-state index is 0.0303. The van der Waals surface area contributed by atoms with Crippen molar-refractivity contribution in [1.82, 2.24) is 5.32 Å². The summed E-state index contributed by atoms with van der Waals surface area (Å²) in [5.41, 5.74) is 5.85. The van der Waals surface area contributed by atoms with Gasteiger partial charge in [-0.05, 0) is 31.9 Å². The third-order valence-electron chi connectivity index (χ3n) is 3.19. The largest absolute Gasteiger partial charge is 0.353 e. The first-order valence-electron chi connectivity index (χ1n) is 6.23. The molecule has 1 fully saturated rings. The molecule has 0 spiro atoms. The molecule has 1 saturated carbocycles. The van der Waals surface area contributed by atoms with Gasteiger partial charge in [0.05, 0.1) is 0 Å². The molecule has 3 atom stereocenters. The van der Waals surface area contributed by atoms with Gasteiger partial charge in [-0.3, -0.25) is 4.79 Å². The molecule has 3 unspecified atom stereocenters. The summed E-state index contributed by atoms with van der Waals surface area (Å²) >= 11 is 1.91. The second-order valence-corrected chi connectivity index (χ2v) is 5.83. The van der Waals surface area contributed by atoms with E-state index in [1.54, 1.807) is 0 Å². The van der Waals surface area contributed by atoms with Gasteiger partial charge in [-0.1, -0.05) is 13.3 Å². The van der Waals surface area contributed by atoms with Gasteiger partial charge in [0.2, 0.25) is 5.91 Å². The van der Waals surface area contributed by atoms with Crippen LogP contribution in [-0.2, 0) is 4.79 Å². The number of thioether (sulfide) groups is 1. The second-order valence-electron chi connectivity index (χ2n) is 4.69. The van der Waals surface area contributed by atoms with E-state index in [4.69, 9.17) is 5.73 Å². The van der Waals surface area contributed by atoms with Gasteiger partial charge >= 0.3 is 0 Å². The van der Waals surface area contributed by atoms with Crippen LogP contribution >= 0.6 is 11.8 Å². The highest BCUT2D eigenvalue weighted by Gasteiger charge is 2.25. The zero-order valence-corrected chi connectivity index (χ0v) is 11.2. The van der Waals surface area contributed by atoms with Crippen molar-refractivity contribution in [3.05, 3.63) is 0 Å². The molecule has 0 aliphatic heterocycles. The molecule has 1 rings (SSSR count). The van der Waals surface area contributed by atoms with E-state index in [1.165, 1.54) is 6.42 Å². The van der Waals surface area contributed by atoms with Crippen LogP contribution in [-0.4, -0.2) is 29.5 Å². The van der Waals surface area contributed by atoms with Crippen LogP contribution in [0.5, 0.6) is 0 Å². The van der Waals surface area contributed by atoms with Gasteiger partial charge in [0.15, 0.2) is 0 Å². The van der Waals surface area contributed by atoms with Crippen LogP contribution in [0.3, 0.4) is 0 Å². The van der Waals surface area contributed by atoms with Gasteiger partial charge < -0.3 is 11.1 Å². The molecule has 0 aromatic carbocycles. The van der Waals surface area contributed by atoms with E-state index in [1.807, 2.05) is 11.8 Å². The Morgan fingerprint density at radius 2 is 2.31 bits per heavy atom. The summed E-state index contributed by atoms with van der Waals surface area (Å²) in [5, 5.41) is 3.83. The zero-order chi connectivity index (χ0) is 12.0. The van der Waals surface area contributed by atoms with Crippen molar-refractivity contribution in [2.75, 3.05) is 6.26 Å². The van der Waals surface area contributed by atoms with E-state index in [2.05, 4.69) is 18.5 Å². The van der Waals surface area contributed by atoms with Gasteiger partial charge in [0, 0.05) is 23.8 Å². The fraction of sp³-hybridized carbons (Fsp3) is 0.917. The monoisotopic (exact) mass is 244 g/mol. The first kappa shape index (κ1) is 13.8. The maximum Gasteiger partial charge on any atom is 0.221 e. The number of hydrogen-bond acceptors (Lipinski definition) is 3. The first-order chi connectivity index (χ1) is 7.65. The normalized spacial score (nSPS) is 26.7. The quantitative estimate of drug-likeness (QED) is 0.750. The van der Waals surface area contributed by atoms with Gasteiger partial charge in [0.1, 0.15) is 0 Å². The molecule has 1 aliphatic rings. The van der Waals surface area contributed by atoms with Crippen LogP contribution in [0.25, 0.3) is 0 Å². The van der Waals surface area contributed by atoms with E-state index in [0.29, 0.717) is 12.5 Å². The lowest BCUT2D eigenvalue weighted by Gasteiger charge is -2.15. The maximum atomic E-state index is 11.7. The van der Waals surface area contributed by atoms with E-state index < -0.39 is 0 Å². The van der Waals surface area contributed by atoms with Crippen LogP contribution in [0.1, 0.15) is 45.4 Å². The third kappa shape index (κ3) is 4.74. The highest BCUT2D eigenvalue weighted by Crippen LogP contribution is 2.28. The molecule has 1 aliphatic carbocycles. The highest BCUT2D eigenvalue weighted by molar-refractivity contribution is 7.99. The van der Waals surface area contributed by atoms with E-state index >= 15 is 0 Å².